The second kappa shape index (κ2) is 6.99. The van der Waals surface area contributed by atoms with Crippen LogP contribution in [-0.2, 0) is 6.42 Å². The first kappa shape index (κ1) is 14.4. The van der Waals surface area contributed by atoms with Gasteiger partial charge in [-0.15, -0.1) is 0 Å². The molecule has 0 fully saturated rings. The Morgan fingerprint density at radius 2 is 2.11 bits per heavy atom. The first-order valence-corrected chi connectivity index (χ1v) is 7.16. The van der Waals surface area contributed by atoms with Crippen LogP contribution in [0.15, 0.2) is 41.2 Å². The molecule has 0 saturated heterocycles. The summed E-state index contributed by atoms with van der Waals surface area (Å²) in [5.74, 6) is 0. The molecule has 0 bridgehead atoms. The topological polar surface area (TPSA) is 25.2 Å². The number of rotatable bonds is 6. The Labute approximate surface area is 123 Å². The van der Waals surface area contributed by atoms with Crippen molar-refractivity contribution in [3.63, 3.8) is 0 Å². The van der Waals surface area contributed by atoms with Crippen molar-refractivity contribution < 1.29 is 4.42 Å². The quantitative estimate of drug-likeness (QED) is 0.823. The van der Waals surface area contributed by atoms with E-state index in [1.54, 1.807) is 18.6 Å². The third-order valence-electron chi connectivity index (χ3n) is 3.04. The minimum Gasteiger partial charge on any atom is -0.472 e. The van der Waals surface area contributed by atoms with Crippen molar-refractivity contribution in [2.75, 3.05) is 6.54 Å². The molecular formula is C15H17Cl2NO. The second-order valence-corrected chi connectivity index (χ2v) is 5.27. The van der Waals surface area contributed by atoms with Gasteiger partial charge in [0.2, 0.25) is 0 Å². The van der Waals surface area contributed by atoms with Gasteiger partial charge in [-0.2, -0.15) is 0 Å². The highest BCUT2D eigenvalue weighted by Gasteiger charge is 2.15. The molecule has 0 aliphatic heterocycles. The molecule has 2 aromatic rings. The summed E-state index contributed by atoms with van der Waals surface area (Å²) in [6.07, 6.45) is 5.33. The normalized spacial score (nSPS) is 12.6. The average molecular weight is 298 g/mol. The van der Waals surface area contributed by atoms with E-state index in [9.17, 15) is 0 Å². The highest BCUT2D eigenvalue weighted by Crippen LogP contribution is 2.29. The molecule has 0 aliphatic carbocycles. The van der Waals surface area contributed by atoms with Crippen molar-refractivity contribution in [1.29, 1.82) is 0 Å². The molecule has 1 atom stereocenters. The molecule has 102 valence electrons. The van der Waals surface area contributed by atoms with Crippen LogP contribution in [0.25, 0.3) is 0 Å². The zero-order valence-corrected chi connectivity index (χ0v) is 12.3. The van der Waals surface area contributed by atoms with E-state index in [0.29, 0.717) is 10.0 Å². The number of furan rings is 1. The first-order valence-electron chi connectivity index (χ1n) is 6.40. The van der Waals surface area contributed by atoms with Gasteiger partial charge in [-0.05, 0) is 37.1 Å². The predicted molar refractivity (Wildman–Crippen MR) is 79.9 cm³/mol. The Bertz CT molecular complexity index is 511. The molecule has 2 nitrogen and oxygen atoms in total. The van der Waals surface area contributed by atoms with E-state index in [-0.39, 0.29) is 6.04 Å². The fourth-order valence-corrected chi connectivity index (χ4v) is 2.42. The van der Waals surface area contributed by atoms with Crippen LogP contribution in [0.5, 0.6) is 0 Å². The summed E-state index contributed by atoms with van der Waals surface area (Å²) in [4.78, 5) is 0. The molecule has 1 heterocycles. The molecule has 0 amide bonds. The number of halogens is 2. The van der Waals surface area contributed by atoms with Crippen LogP contribution in [0.1, 0.15) is 30.5 Å². The minimum atomic E-state index is 0.190. The van der Waals surface area contributed by atoms with E-state index in [2.05, 4.69) is 12.2 Å². The molecule has 1 aromatic carbocycles. The van der Waals surface area contributed by atoms with Crippen LogP contribution in [0.4, 0.5) is 0 Å². The number of hydrogen-bond donors (Lipinski definition) is 1. The third-order valence-corrected chi connectivity index (χ3v) is 3.90. The number of benzene rings is 1. The van der Waals surface area contributed by atoms with Crippen molar-refractivity contribution in [2.24, 2.45) is 0 Å². The van der Waals surface area contributed by atoms with Gasteiger partial charge in [0.25, 0.3) is 0 Å². The third kappa shape index (κ3) is 3.75. The summed E-state index contributed by atoms with van der Waals surface area (Å²) in [7, 11) is 0. The molecular weight excluding hydrogens is 281 g/mol. The van der Waals surface area contributed by atoms with E-state index in [4.69, 9.17) is 27.6 Å². The van der Waals surface area contributed by atoms with Crippen molar-refractivity contribution in [1.82, 2.24) is 5.32 Å². The van der Waals surface area contributed by atoms with Crippen LogP contribution in [-0.4, -0.2) is 6.54 Å². The molecule has 2 rings (SSSR count). The van der Waals surface area contributed by atoms with Gasteiger partial charge >= 0.3 is 0 Å². The largest absolute Gasteiger partial charge is 0.472 e. The Morgan fingerprint density at radius 1 is 1.26 bits per heavy atom. The summed E-state index contributed by atoms with van der Waals surface area (Å²) in [5, 5.41) is 4.74. The van der Waals surface area contributed by atoms with Crippen molar-refractivity contribution in [2.45, 2.75) is 25.8 Å². The number of hydrogen-bond acceptors (Lipinski definition) is 2. The molecule has 1 unspecified atom stereocenters. The SMILES string of the molecule is CCCNC(Cc1cccc(Cl)c1Cl)c1ccoc1. The standard InChI is InChI=1S/C15H17Cl2NO/c1-2-7-18-14(12-6-8-19-10-12)9-11-4-3-5-13(16)15(11)17/h3-6,8,10,14,18H,2,7,9H2,1H3. The zero-order chi connectivity index (χ0) is 13.7. The van der Waals surface area contributed by atoms with E-state index in [1.165, 1.54) is 0 Å². The van der Waals surface area contributed by atoms with E-state index >= 15 is 0 Å². The fraction of sp³-hybridized carbons (Fsp3) is 0.333. The summed E-state index contributed by atoms with van der Waals surface area (Å²) < 4.78 is 5.17. The van der Waals surface area contributed by atoms with Gasteiger partial charge in [-0.25, -0.2) is 0 Å². The maximum atomic E-state index is 6.25. The van der Waals surface area contributed by atoms with E-state index < -0.39 is 0 Å². The molecule has 0 saturated carbocycles. The molecule has 19 heavy (non-hydrogen) atoms. The van der Waals surface area contributed by atoms with E-state index in [1.807, 2.05) is 18.2 Å². The highest BCUT2D eigenvalue weighted by molar-refractivity contribution is 6.42. The summed E-state index contributed by atoms with van der Waals surface area (Å²) in [5.41, 5.74) is 2.17. The number of nitrogens with one attached hydrogen (secondary N) is 1. The van der Waals surface area contributed by atoms with Gasteiger partial charge in [-0.1, -0.05) is 42.3 Å². The fourth-order valence-electron chi connectivity index (χ4n) is 2.03. The smallest absolute Gasteiger partial charge is 0.0950 e. The van der Waals surface area contributed by atoms with E-state index in [0.717, 1.165) is 30.5 Å². The minimum absolute atomic E-state index is 0.190. The van der Waals surface area contributed by atoms with Crippen LogP contribution in [0, 0.1) is 0 Å². The maximum absolute atomic E-state index is 6.25. The lowest BCUT2D eigenvalue weighted by atomic mass is 10.0. The lowest BCUT2D eigenvalue weighted by Crippen LogP contribution is -2.23. The Morgan fingerprint density at radius 3 is 2.79 bits per heavy atom. The zero-order valence-electron chi connectivity index (χ0n) is 10.8. The van der Waals surface area contributed by atoms with Crippen LogP contribution >= 0.6 is 23.2 Å². The van der Waals surface area contributed by atoms with Crippen molar-refractivity contribution >= 4 is 23.2 Å². The van der Waals surface area contributed by atoms with Crippen LogP contribution < -0.4 is 5.32 Å². The predicted octanol–water partition coefficient (Wildman–Crippen LogP) is 4.87. The van der Waals surface area contributed by atoms with Crippen LogP contribution in [0.2, 0.25) is 10.0 Å². The molecule has 0 aliphatic rings. The first-order chi connectivity index (χ1) is 9.22. The van der Waals surface area contributed by atoms with Crippen LogP contribution in [0.3, 0.4) is 0 Å². The molecule has 0 radical (unpaired) electrons. The Hall–Kier alpha value is -0.960. The van der Waals surface area contributed by atoms with Gasteiger partial charge < -0.3 is 9.73 Å². The average Bonchev–Trinajstić information content (AvgIpc) is 2.93. The van der Waals surface area contributed by atoms with Gasteiger partial charge in [0.15, 0.2) is 0 Å². The van der Waals surface area contributed by atoms with Crippen molar-refractivity contribution in [3.8, 4) is 0 Å². The monoisotopic (exact) mass is 297 g/mol. The van der Waals surface area contributed by atoms with Gasteiger partial charge in [0.05, 0.1) is 22.6 Å². The Balaban J connectivity index is 2.18. The lowest BCUT2D eigenvalue weighted by molar-refractivity contribution is 0.512. The summed E-state index contributed by atoms with van der Waals surface area (Å²) >= 11 is 12.3. The summed E-state index contributed by atoms with van der Waals surface area (Å²) in [6, 6.07) is 7.91. The highest BCUT2D eigenvalue weighted by atomic mass is 35.5. The Kier molecular flexibility index (Phi) is 5.32. The molecule has 1 N–H and O–H groups in total. The maximum Gasteiger partial charge on any atom is 0.0950 e. The van der Waals surface area contributed by atoms with Gasteiger partial charge in [0, 0.05) is 11.6 Å². The van der Waals surface area contributed by atoms with Gasteiger partial charge in [-0.3, -0.25) is 0 Å². The van der Waals surface area contributed by atoms with Crippen molar-refractivity contribution in [3.05, 3.63) is 58.0 Å². The lowest BCUT2D eigenvalue weighted by Gasteiger charge is -2.18. The second-order valence-electron chi connectivity index (χ2n) is 4.48. The summed E-state index contributed by atoms with van der Waals surface area (Å²) in [6.45, 7) is 3.10. The molecule has 0 spiro atoms. The molecule has 4 heteroatoms. The molecule has 1 aromatic heterocycles. The van der Waals surface area contributed by atoms with Gasteiger partial charge in [0.1, 0.15) is 0 Å².